The number of benzene rings is 2. The van der Waals surface area contributed by atoms with Crippen LogP contribution in [0.15, 0.2) is 53.4 Å². The van der Waals surface area contributed by atoms with Crippen LogP contribution in [0.5, 0.6) is 0 Å². The quantitative estimate of drug-likeness (QED) is 0.495. The topological polar surface area (TPSA) is 105 Å². The van der Waals surface area contributed by atoms with E-state index in [1.54, 1.807) is 24.6 Å². The van der Waals surface area contributed by atoms with E-state index in [0.717, 1.165) is 16.3 Å². The number of carbonyl (C=O) groups is 1. The van der Waals surface area contributed by atoms with E-state index in [4.69, 9.17) is 15.7 Å². The van der Waals surface area contributed by atoms with Gasteiger partial charge in [-0.2, -0.15) is 0 Å². The first-order valence-corrected chi connectivity index (χ1v) is 7.18. The average molecular weight is 308 g/mol. The van der Waals surface area contributed by atoms with E-state index in [2.05, 4.69) is 10.5 Å². The second kappa shape index (κ2) is 6.31. The highest BCUT2D eigenvalue weighted by atomic mass is 16.5. The van der Waals surface area contributed by atoms with Crippen LogP contribution in [0.3, 0.4) is 0 Å². The van der Waals surface area contributed by atoms with Gasteiger partial charge in [0.2, 0.25) is 0 Å². The Morgan fingerprint density at radius 1 is 1.17 bits per heavy atom. The maximum Gasteiger partial charge on any atom is 0.251 e. The number of carbonyl (C=O) groups excluding carboxylic acids is 1. The van der Waals surface area contributed by atoms with E-state index < -0.39 is 0 Å². The van der Waals surface area contributed by atoms with Crippen molar-refractivity contribution < 1.29 is 9.32 Å². The molecule has 0 saturated heterocycles. The number of nitrogens with two attached hydrogens (primary N) is 1. The fraction of sp³-hybridized carbons (Fsp3) is 0.118. The second-order valence-corrected chi connectivity index (χ2v) is 5.23. The van der Waals surface area contributed by atoms with Crippen LogP contribution < -0.4 is 11.1 Å². The lowest BCUT2D eigenvalue weighted by atomic mass is 10.0. The van der Waals surface area contributed by atoms with Crippen molar-refractivity contribution in [2.45, 2.75) is 6.42 Å². The van der Waals surface area contributed by atoms with Gasteiger partial charge >= 0.3 is 0 Å². The van der Waals surface area contributed by atoms with Gasteiger partial charge in [-0.25, -0.2) is 0 Å². The molecule has 1 amide bonds. The van der Waals surface area contributed by atoms with Gasteiger partial charge in [-0.1, -0.05) is 23.4 Å². The summed E-state index contributed by atoms with van der Waals surface area (Å²) in [4.78, 5) is 12.2. The number of amides is 1. The monoisotopic (exact) mass is 308 g/mol. The van der Waals surface area contributed by atoms with Gasteiger partial charge < -0.3 is 15.6 Å². The van der Waals surface area contributed by atoms with Gasteiger partial charge in [0.05, 0.1) is 6.20 Å². The van der Waals surface area contributed by atoms with Crippen molar-refractivity contribution in [3.05, 3.63) is 65.5 Å². The Labute approximate surface area is 132 Å². The summed E-state index contributed by atoms with van der Waals surface area (Å²) in [5.41, 5.74) is 7.70. The smallest absolute Gasteiger partial charge is 0.251 e. The molecular weight excluding hydrogens is 292 g/mol. The van der Waals surface area contributed by atoms with Gasteiger partial charge in [0, 0.05) is 23.2 Å². The molecule has 1 aromatic heterocycles. The molecule has 6 heteroatoms. The number of fused-ring (bicyclic) bond motifs is 1. The fourth-order valence-corrected chi connectivity index (χ4v) is 2.33. The summed E-state index contributed by atoms with van der Waals surface area (Å²) in [6, 6.07) is 10.9. The zero-order valence-electron chi connectivity index (χ0n) is 12.4. The van der Waals surface area contributed by atoms with Crippen LogP contribution in [-0.4, -0.2) is 23.4 Å². The van der Waals surface area contributed by atoms with E-state index in [9.17, 15) is 4.79 Å². The molecule has 4 N–H and O–H groups in total. The molecule has 6 nitrogen and oxygen atoms in total. The molecular formula is C17H16N4O2. The van der Waals surface area contributed by atoms with Crippen LogP contribution in [0.2, 0.25) is 0 Å². The Morgan fingerprint density at radius 3 is 2.52 bits per heavy atom. The average Bonchev–Trinajstić information content (AvgIpc) is 3.07. The predicted molar refractivity (Wildman–Crippen MR) is 87.5 cm³/mol. The van der Waals surface area contributed by atoms with Crippen molar-refractivity contribution in [3.63, 3.8) is 0 Å². The van der Waals surface area contributed by atoms with Crippen molar-refractivity contribution >= 4 is 22.5 Å². The summed E-state index contributed by atoms with van der Waals surface area (Å²) in [5, 5.41) is 15.8. The molecule has 116 valence electrons. The van der Waals surface area contributed by atoms with Crippen molar-refractivity contribution in [1.82, 2.24) is 10.5 Å². The SMILES string of the molecule is N=C(N)c1ccc2cc(C(=O)NCCc3cnoc3)ccc2c1. The summed E-state index contributed by atoms with van der Waals surface area (Å²) in [6.07, 6.45) is 3.87. The first-order chi connectivity index (χ1) is 11.1. The molecule has 3 rings (SSSR count). The number of nitrogens with one attached hydrogen (secondary N) is 2. The van der Waals surface area contributed by atoms with Gasteiger partial charge in [-0.3, -0.25) is 10.2 Å². The van der Waals surface area contributed by atoms with E-state index in [1.165, 1.54) is 0 Å². The molecule has 1 heterocycles. The van der Waals surface area contributed by atoms with Crippen LogP contribution in [0.1, 0.15) is 21.5 Å². The molecule has 0 bridgehead atoms. The van der Waals surface area contributed by atoms with Crippen molar-refractivity contribution in [3.8, 4) is 0 Å². The lowest BCUT2D eigenvalue weighted by Crippen LogP contribution is -2.25. The van der Waals surface area contributed by atoms with Crippen LogP contribution in [0.4, 0.5) is 0 Å². The molecule has 0 aliphatic carbocycles. The first kappa shape index (κ1) is 14.8. The van der Waals surface area contributed by atoms with E-state index in [-0.39, 0.29) is 11.7 Å². The summed E-state index contributed by atoms with van der Waals surface area (Å²) >= 11 is 0. The van der Waals surface area contributed by atoms with Gasteiger partial charge in [0.25, 0.3) is 5.91 Å². The Morgan fingerprint density at radius 2 is 1.87 bits per heavy atom. The summed E-state index contributed by atoms with van der Waals surface area (Å²) < 4.78 is 4.74. The highest BCUT2D eigenvalue weighted by molar-refractivity contribution is 6.02. The second-order valence-electron chi connectivity index (χ2n) is 5.23. The van der Waals surface area contributed by atoms with Crippen molar-refractivity contribution in [2.75, 3.05) is 6.54 Å². The number of rotatable bonds is 5. The number of hydrogen-bond acceptors (Lipinski definition) is 4. The summed E-state index contributed by atoms with van der Waals surface area (Å²) in [6.45, 7) is 0.515. The Bertz CT molecular complexity index is 856. The van der Waals surface area contributed by atoms with E-state index in [1.807, 2.05) is 24.3 Å². The molecule has 0 radical (unpaired) electrons. The number of aromatic nitrogens is 1. The highest BCUT2D eigenvalue weighted by Crippen LogP contribution is 2.18. The highest BCUT2D eigenvalue weighted by Gasteiger charge is 2.07. The minimum Gasteiger partial charge on any atom is -0.384 e. The Kier molecular flexibility index (Phi) is 4.05. The van der Waals surface area contributed by atoms with Gasteiger partial charge in [-0.05, 0) is 35.4 Å². The third-order valence-electron chi connectivity index (χ3n) is 3.60. The molecule has 0 aliphatic rings. The first-order valence-electron chi connectivity index (χ1n) is 7.18. The lowest BCUT2D eigenvalue weighted by Gasteiger charge is -2.07. The van der Waals surface area contributed by atoms with Gasteiger partial charge in [-0.15, -0.1) is 0 Å². The van der Waals surface area contributed by atoms with Crippen LogP contribution >= 0.6 is 0 Å². The zero-order chi connectivity index (χ0) is 16.2. The maximum absolute atomic E-state index is 12.2. The third kappa shape index (κ3) is 3.37. The fourth-order valence-electron chi connectivity index (χ4n) is 2.33. The minimum atomic E-state index is -0.126. The number of nitrogens with zero attached hydrogens (tertiary/aromatic N) is 1. The normalized spacial score (nSPS) is 10.6. The van der Waals surface area contributed by atoms with E-state index in [0.29, 0.717) is 24.1 Å². The lowest BCUT2D eigenvalue weighted by molar-refractivity contribution is 0.0954. The molecule has 23 heavy (non-hydrogen) atoms. The number of amidine groups is 1. The number of hydrogen-bond donors (Lipinski definition) is 3. The van der Waals surface area contributed by atoms with E-state index >= 15 is 0 Å². The molecule has 0 aliphatic heterocycles. The summed E-state index contributed by atoms with van der Waals surface area (Å²) in [5.74, 6) is -0.0959. The molecule has 2 aromatic carbocycles. The molecule has 0 spiro atoms. The van der Waals surface area contributed by atoms with Crippen molar-refractivity contribution in [1.29, 1.82) is 5.41 Å². The van der Waals surface area contributed by atoms with Crippen LogP contribution in [0, 0.1) is 5.41 Å². The Balaban J connectivity index is 1.70. The third-order valence-corrected chi connectivity index (χ3v) is 3.60. The molecule has 0 saturated carbocycles. The standard InChI is InChI=1S/C17H16N4O2/c18-16(19)14-3-1-13-8-15(4-2-12(13)7-14)17(22)20-6-5-11-9-21-23-10-11/h1-4,7-10H,5-6H2,(H3,18,19)(H,20,22). The zero-order valence-corrected chi connectivity index (χ0v) is 12.4. The van der Waals surface area contributed by atoms with Gasteiger partial charge in [0.1, 0.15) is 12.1 Å². The number of nitrogen functional groups attached to an aromatic ring is 1. The minimum absolute atomic E-state index is 0.0301. The van der Waals surface area contributed by atoms with Crippen LogP contribution in [0.25, 0.3) is 10.8 Å². The van der Waals surface area contributed by atoms with Crippen LogP contribution in [-0.2, 0) is 6.42 Å². The largest absolute Gasteiger partial charge is 0.384 e. The van der Waals surface area contributed by atoms with Crippen molar-refractivity contribution in [2.24, 2.45) is 5.73 Å². The molecule has 0 fully saturated rings. The Hall–Kier alpha value is -3.15. The predicted octanol–water partition coefficient (Wildman–Crippen LogP) is 2.08. The molecule has 0 unspecified atom stereocenters. The molecule has 3 aromatic rings. The maximum atomic E-state index is 12.2. The summed E-state index contributed by atoms with van der Waals surface area (Å²) in [7, 11) is 0. The molecule has 0 atom stereocenters. The van der Waals surface area contributed by atoms with Gasteiger partial charge in [0.15, 0.2) is 0 Å².